The molecule has 1 aliphatic carbocycles. The Kier molecular flexibility index (Phi) is 3.96. The molecule has 4 nitrogen and oxygen atoms in total. The molecule has 0 unspecified atom stereocenters. The summed E-state index contributed by atoms with van der Waals surface area (Å²) in [5.41, 5.74) is -0.850. The second-order valence-corrected chi connectivity index (χ2v) is 4.51. The largest absolute Gasteiger partial charge is 0.478 e. The Morgan fingerprint density at radius 2 is 2.15 bits per heavy atom. The summed E-state index contributed by atoms with van der Waals surface area (Å²) in [6.45, 7) is 0.294. The van der Waals surface area contributed by atoms with Crippen LogP contribution in [-0.4, -0.2) is 22.7 Å². The Morgan fingerprint density at radius 1 is 1.45 bits per heavy atom. The molecule has 0 spiro atoms. The van der Waals surface area contributed by atoms with E-state index in [-0.39, 0.29) is 11.4 Å². The van der Waals surface area contributed by atoms with Crippen LogP contribution in [0.5, 0.6) is 5.88 Å². The fourth-order valence-corrected chi connectivity index (χ4v) is 1.49. The van der Waals surface area contributed by atoms with E-state index >= 15 is 0 Å². The van der Waals surface area contributed by atoms with Crippen molar-refractivity contribution in [3.63, 3.8) is 0 Å². The molecule has 1 aliphatic rings. The minimum atomic E-state index is -4.56. The minimum absolute atomic E-state index is 0.191. The zero-order chi connectivity index (χ0) is 14.8. The first-order valence-electron chi connectivity index (χ1n) is 5.98. The number of hydrogen-bond acceptors (Lipinski definition) is 3. The minimum Gasteiger partial charge on any atom is -0.478 e. The van der Waals surface area contributed by atoms with Crippen molar-refractivity contribution in [2.75, 3.05) is 6.61 Å². The summed E-state index contributed by atoms with van der Waals surface area (Å²) in [6, 6.07) is 1.95. The van der Waals surface area contributed by atoms with Crippen LogP contribution in [0.25, 0.3) is 6.08 Å². The van der Waals surface area contributed by atoms with E-state index in [1.165, 1.54) is 0 Å². The average Bonchev–Trinajstić information content (AvgIpc) is 3.17. The van der Waals surface area contributed by atoms with Crippen molar-refractivity contribution in [3.8, 4) is 5.88 Å². The molecule has 1 saturated carbocycles. The van der Waals surface area contributed by atoms with Gasteiger partial charge in [0.1, 0.15) is 5.69 Å². The lowest BCUT2D eigenvalue weighted by Gasteiger charge is -2.11. The third-order valence-electron chi connectivity index (χ3n) is 2.74. The maximum atomic E-state index is 12.6. The Morgan fingerprint density at radius 3 is 2.70 bits per heavy atom. The molecular formula is C13H12F3NO3. The molecule has 1 aromatic heterocycles. The number of ether oxygens (including phenoxy) is 1. The molecule has 2 rings (SSSR count). The summed E-state index contributed by atoms with van der Waals surface area (Å²) in [7, 11) is 0. The number of nitrogens with zero attached hydrogens (tertiary/aromatic N) is 1. The van der Waals surface area contributed by atoms with Gasteiger partial charge in [-0.2, -0.15) is 13.2 Å². The first kappa shape index (κ1) is 14.4. The van der Waals surface area contributed by atoms with Crippen molar-refractivity contribution in [2.45, 2.75) is 19.0 Å². The molecule has 0 radical (unpaired) electrons. The summed E-state index contributed by atoms with van der Waals surface area (Å²) in [5.74, 6) is -1.04. The molecule has 0 atom stereocenters. The number of rotatable bonds is 5. The van der Waals surface area contributed by atoms with Gasteiger partial charge >= 0.3 is 12.1 Å². The van der Waals surface area contributed by atoms with E-state index in [1.807, 2.05) is 0 Å². The van der Waals surface area contributed by atoms with Gasteiger partial charge in [-0.15, -0.1) is 0 Å². The lowest BCUT2D eigenvalue weighted by Crippen LogP contribution is -2.10. The Hall–Kier alpha value is -2.05. The quantitative estimate of drug-likeness (QED) is 0.846. The van der Waals surface area contributed by atoms with Gasteiger partial charge in [-0.3, -0.25) is 0 Å². The lowest BCUT2D eigenvalue weighted by molar-refractivity contribution is -0.141. The topological polar surface area (TPSA) is 59.4 Å². The molecule has 20 heavy (non-hydrogen) atoms. The van der Waals surface area contributed by atoms with Gasteiger partial charge < -0.3 is 9.84 Å². The van der Waals surface area contributed by atoms with Crippen molar-refractivity contribution in [2.24, 2.45) is 5.92 Å². The average molecular weight is 287 g/mol. The Labute approximate surface area is 112 Å². The molecule has 0 amide bonds. The molecule has 0 bridgehead atoms. The van der Waals surface area contributed by atoms with E-state index in [1.54, 1.807) is 0 Å². The van der Waals surface area contributed by atoms with Crippen LogP contribution in [0.2, 0.25) is 0 Å². The van der Waals surface area contributed by atoms with Crippen LogP contribution < -0.4 is 4.74 Å². The van der Waals surface area contributed by atoms with Gasteiger partial charge in [0.2, 0.25) is 5.88 Å². The van der Waals surface area contributed by atoms with Crippen LogP contribution >= 0.6 is 0 Å². The Bertz CT molecular complexity index is 536. The standard InChI is InChI=1S/C13H12F3NO3/c14-13(15,16)10-5-3-9(4-6-11(18)19)12(17-10)20-7-8-1-2-8/h3-6,8H,1-2,7H2,(H,18,19). The summed E-state index contributed by atoms with van der Waals surface area (Å²) < 4.78 is 43.1. The second-order valence-electron chi connectivity index (χ2n) is 4.51. The van der Waals surface area contributed by atoms with Crippen LogP contribution in [0.15, 0.2) is 18.2 Å². The molecule has 0 aromatic carbocycles. The molecule has 0 aliphatic heterocycles. The zero-order valence-corrected chi connectivity index (χ0v) is 10.4. The maximum Gasteiger partial charge on any atom is 0.433 e. The van der Waals surface area contributed by atoms with Crippen LogP contribution in [0, 0.1) is 5.92 Å². The highest BCUT2D eigenvalue weighted by Crippen LogP contribution is 2.33. The third-order valence-corrected chi connectivity index (χ3v) is 2.74. The monoisotopic (exact) mass is 287 g/mol. The first-order chi connectivity index (χ1) is 9.36. The van der Waals surface area contributed by atoms with Crippen LogP contribution in [0.3, 0.4) is 0 Å². The van der Waals surface area contributed by atoms with Crippen molar-refractivity contribution < 1.29 is 27.8 Å². The molecular weight excluding hydrogens is 275 g/mol. The number of aromatic nitrogens is 1. The van der Waals surface area contributed by atoms with E-state index in [4.69, 9.17) is 9.84 Å². The number of carboxylic acid groups (broad SMARTS) is 1. The Balaban J connectivity index is 2.26. The number of pyridine rings is 1. The molecule has 1 N–H and O–H groups in total. The zero-order valence-electron chi connectivity index (χ0n) is 10.4. The number of carbonyl (C=O) groups is 1. The third kappa shape index (κ3) is 3.97. The van der Waals surface area contributed by atoms with Crippen LogP contribution in [0.4, 0.5) is 13.2 Å². The number of aliphatic carboxylic acids is 1. The van der Waals surface area contributed by atoms with E-state index in [2.05, 4.69) is 4.98 Å². The summed E-state index contributed by atoms with van der Waals surface area (Å²) in [6.07, 6.45) is -0.600. The van der Waals surface area contributed by atoms with Gasteiger partial charge in [-0.25, -0.2) is 9.78 Å². The molecule has 7 heteroatoms. The predicted molar refractivity (Wildman–Crippen MR) is 64.1 cm³/mol. The van der Waals surface area contributed by atoms with E-state index < -0.39 is 17.8 Å². The number of hydrogen-bond donors (Lipinski definition) is 1. The van der Waals surface area contributed by atoms with Gasteiger partial charge in [0, 0.05) is 11.6 Å². The number of alkyl halides is 3. The summed E-state index contributed by atoms with van der Waals surface area (Å²) in [5, 5.41) is 8.55. The molecule has 1 fully saturated rings. The highest BCUT2D eigenvalue weighted by molar-refractivity contribution is 5.85. The van der Waals surface area contributed by atoms with Crippen molar-refractivity contribution >= 4 is 12.0 Å². The van der Waals surface area contributed by atoms with Gasteiger partial charge in [-0.1, -0.05) is 0 Å². The van der Waals surface area contributed by atoms with Crippen LogP contribution in [0.1, 0.15) is 24.1 Å². The smallest absolute Gasteiger partial charge is 0.433 e. The predicted octanol–water partition coefficient (Wildman–Crippen LogP) is 2.99. The molecule has 0 saturated heterocycles. The molecule has 1 heterocycles. The lowest BCUT2D eigenvalue weighted by atomic mass is 10.2. The normalized spacial score (nSPS) is 15.6. The fraction of sp³-hybridized carbons (Fsp3) is 0.385. The maximum absolute atomic E-state index is 12.6. The summed E-state index contributed by atoms with van der Waals surface area (Å²) in [4.78, 5) is 13.9. The van der Waals surface area contributed by atoms with Crippen LogP contribution in [-0.2, 0) is 11.0 Å². The van der Waals surface area contributed by atoms with Gasteiger partial charge in [0.25, 0.3) is 0 Å². The molecule has 108 valence electrons. The second kappa shape index (κ2) is 5.52. The summed E-state index contributed by atoms with van der Waals surface area (Å²) >= 11 is 0. The van der Waals surface area contributed by atoms with E-state index in [9.17, 15) is 18.0 Å². The van der Waals surface area contributed by atoms with Gasteiger partial charge in [0.15, 0.2) is 0 Å². The number of carboxylic acids is 1. The van der Waals surface area contributed by atoms with Gasteiger partial charge in [0.05, 0.1) is 6.61 Å². The highest BCUT2D eigenvalue weighted by Gasteiger charge is 2.33. The van der Waals surface area contributed by atoms with Crippen molar-refractivity contribution in [3.05, 3.63) is 29.5 Å². The SMILES string of the molecule is O=C(O)C=Cc1ccc(C(F)(F)F)nc1OCC1CC1. The highest BCUT2D eigenvalue weighted by atomic mass is 19.4. The fourth-order valence-electron chi connectivity index (χ4n) is 1.49. The number of halogens is 3. The molecule has 1 aromatic rings. The van der Waals surface area contributed by atoms with Crippen molar-refractivity contribution in [1.82, 2.24) is 4.98 Å². The van der Waals surface area contributed by atoms with E-state index in [0.717, 1.165) is 37.1 Å². The first-order valence-corrected chi connectivity index (χ1v) is 5.98. The van der Waals surface area contributed by atoms with E-state index in [0.29, 0.717) is 12.5 Å². The van der Waals surface area contributed by atoms with Crippen molar-refractivity contribution in [1.29, 1.82) is 0 Å². The van der Waals surface area contributed by atoms with Gasteiger partial charge in [-0.05, 0) is 37.0 Å².